The number of carboxylic acids is 6. The van der Waals surface area contributed by atoms with Crippen LogP contribution in [-0.4, -0.2) is 35.8 Å². The first kappa shape index (κ1) is 30.7. The van der Waals surface area contributed by atoms with E-state index in [1.165, 1.54) is 0 Å². The maximum absolute atomic E-state index is 8.93. The molecule has 0 aliphatic carbocycles. The Bertz CT molecular complexity index is 281. The third kappa shape index (κ3) is 36.0. The van der Waals surface area contributed by atoms with E-state index in [0.29, 0.717) is 0 Å². The van der Waals surface area contributed by atoms with Gasteiger partial charge in [-0.1, -0.05) is 0 Å². The van der Waals surface area contributed by atoms with Gasteiger partial charge in [0.2, 0.25) is 0 Å². The van der Waals surface area contributed by atoms with Gasteiger partial charge < -0.3 is 59.4 Å². The first-order chi connectivity index (χ1) is 7.93. The SMILES string of the molecule is O=C([O-])C(=O)[O-].O=C([O-])C(=O)[O-].O=C([O-])C(=O)[O-].[Cr+3].[Cr+3]. The second-order valence-corrected chi connectivity index (χ2v) is 1.72. The molecule has 0 bridgehead atoms. The van der Waals surface area contributed by atoms with Crippen molar-refractivity contribution >= 4 is 35.8 Å². The van der Waals surface area contributed by atoms with Gasteiger partial charge in [-0.25, -0.2) is 0 Å². The molecule has 0 fully saturated rings. The van der Waals surface area contributed by atoms with Crippen molar-refractivity contribution in [1.29, 1.82) is 0 Å². The molecule has 2 radical (unpaired) electrons. The molecule has 0 aromatic rings. The summed E-state index contributed by atoms with van der Waals surface area (Å²) in [5.41, 5.74) is 0. The number of aliphatic carboxylic acids is 6. The molecule has 0 rings (SSSR count). The maximum Gasteiger partial charge on any atom is 3.00 e. The molecule has 12 nitrogen and oxygen atoms in total. The second kappa shape index (κ2) is 16.9. The molecule has 0 spiro atoms. The number of carboxylic acid groups (broad SMARTS) is 6. The number of carbonyl (C=O) groups excluding carboxylic acids is 6. The van der Waals surface area contributed by atoms with Crippen LogP contribution in [-0.2, 0) is 63.5 Å². The van der Waals surface area contributed by atoms with Crippen LogP contribution >= 0.6 is 0 Å². The maximum atomic E-state index is 8.93. The van der Waals surface area contributed by atoms with Gasteiger partial charge in [-0.15, -0.1) is 0 Å². The van der Waals surface area contributed by atoms with Crippen molar-refractivity contribution in [2.45, 2.75) is 0 Å². The van der Waals surface area contributed by atoms with Crippen LogP contribution in [0.2, 0.25) is 0 Å². The average Bonchev–Trinajstić information content (AvgIpc) is 2.18. The molecule has 0 aliphatic heterocycles. The van der Waals surface area contributed by atoms with Crippen LogP contribution in [0.25, 0.3) is 0 Å². The molecular weight excluding hydrogens is 368 g/mol. The van der Waals surface area contributed by atoms with E-state index in [-0.39, 0.29) is 34.7 Å². The smallest absolute Gasteiger partial charge is 0.543 e. The summed E-state index contributed by atoms with van der Waals surface area (Å²) in [4.78, 5) is 53.6. The monoisotopic (exact) mass is 368 g/mol. The van der Waals surface area contributed by atoms with Gasteiger partial charge in [0, 0.05) is 0 Å². The Morgan fingerprint density at radius 2 is 0.400 bits per heavy atom. The van der Waals surface area contributed by atoms with E-state index in [1.54, 1.807) is 0 Å². The topological polar surface area (TPSA) is 241 Å². The third-order valence-corrected chi connectivity index (χ3v) is 0.500. The van der Waals surface area contributed by atoms with Gasteiger partial charge in [0.15, 0.2) is 0 Å². The predicted octanol–water partition coefficient (Wildman–Crippen LogP) is -10.5. The van der Waals surface area contributed by atoms with E-state index in [9.17, 15) is 0 Å². The summed E-state index contributed by atoms with van der Waals surface area (Å²) >= 11 is 0. The van der Waals surface area contributed by atoms with E-state index in [0.717, 1.165) is 0 Å². The fraction of sp³-hybridized carbons (Fsp3) is 0. The molecule has 0 aromatic carbocycles. The summed E-state index contributed by atoms with van der Waals surface area (Å²) in [5, 5.41) is 53.6. The molecule has 0 aromatic heterocycles. The largest absolute Gasteiger partial charge is 3.00 e. The minimum Gasteiger partial charge on any atom is -0.543 e. The van der Waals surface area contributed by atoms with E-state index < -0.39 is 35.8 Å². The zero-order valence-electron chi connectivity index (χ0n) is 8.72. The molecule has 0 saturated carbocycles. The molecule has 108 valence electrons. The van der Waals surface area contributed by atoms with Crippen LogP contribution in [0.5, 0.6) is 0 Å². The van der Waals surface area contributed by atoms with E-state index in [1.807, 2.05) is 0 Å². The third-order valence-electron chi connectivity index (χ3n) is 0.500. The Balaban J connectivity index is -0.0000000536. The molecule has 0 unspecified atom stereocenters. The molecule has 14 heteroatoms. The van der Waals surface area contributed by atoms with E-state index in [4.69, 9.17) is 59.4 Å². The molecular formula is C6Cr2O12. The van der Waals surface area contributed by atoms with Gasteiger partial charge >= 0.3 is 34.7 Å². The summed E-state index contributed by atoms with van der Waals surface area (Å²) in [5.74, 6) is -13.1. The molecule has 0 atom stereocenters. The van der Waals surface area contributed by atoms with Crippen LogP contribution in [0.15, 0.2) is 0 Å². The molecule has 0 amide bonds. The first-order valence-corrected chi connectivity index (χ1v) is 3.20. The molecule has 20 heavy (non-hydrogen) atoms. The van der Waals surface area contributed by atoms with Crippen LogP contribution in [0.3, 0.4) is 0 Å². The van der Waals surface area contributed by atoms with Gasteiger partial charge in [-0.2, -0.15) is 0 Å². The quantitative estimate of drug-likeness (QED) is 0.362. The Kier molecular flexibility index (Phi) is 25.9. The number of carbonyl (C=O) groups is 6. The Labute approximate surface area is 130 Å². The van der Waals surface area contributed by atoms with Crippen molar-refractivity contribution in [1.82, 2.24) is 0 Å². The number of hydrogen-bond acceptors (Lipinski definition) is 12. The van der Waals surface area contributed by atoms with Gasteiger partial charge in [0.1, 0.15) is 0 Å². The van der Waals surface area contributed by atoms with Gasteiger partial charge in [-0.3, -0.25) is 0 Å². The fourth-order valence-electron chi connectivity index (χ4n) is 0. The van der Waals surface area contributed by atoms with Gasteiger partial charge in [0.05, 0.1) is 35.8 Å². The molecule has 0 heterocycles. The fourth-order valence-corrected chi connectivity index (χ4v) is 0. The van der Waals surface area contributed by atoms with Crippen molar-refractivity contribution in [2.75, 3.05) is 0 Å². The zero-order chi connectivity index (χ0) is 15.5. The number of hydrogen-bond donors (Lipinski definition) is 0. The number of rotatable bonds is 0. The summed E-state index contributed by atoms with van der Waals surface area (Å²) in [7, 11) is 0. The minimum absolute atomic E-state index is 0. The summed E-state index contributed by atoms with van der Waals surface area (Å²) in [6, 6.07) is 0. The van der Waals surface area contributed by atoms with Crippen LogP contribution < -0.4 is 30.6 Å². The molecule has 0 saturated heterocycles. The molecule has 0 N–H and O–H groups in total. The van der Waals surface area contributed by atoms with Crippen molar-refractivity contribution in [2.24, 2.45) is 0 Å². The average molecular weight is 368 g/mol. The normalized spacial score (nSPS) is 6.60. The zero-order valence-corrected chi connectivity index (χ0v) is 11.3. The van der Waals surface area contributed by atoms with Crippen molar-refractivity contribution in [3.05, 3.63) is 0 Å². The molecule has 0 aliphatic rings. The Morgan fingerprint density at radius 1 is 0.350 bits per heavy atom. The van der Waals surface area contributed by atoms with E-state index >= 15 is 0 Å². The van der Waals surface area contributed by atoms with Crippen LogP contribution in [0.1, 0.15) is 0 Å². The summed E-state index contributed by atoms with van der Waals surface area (Å²) < 4.78 is 0. The van der Waals surface area contributed by atoms with Gasteiger partial charge in [0.25, 0.3) is 0 Å². The van der Waals surface area contributed by atoms with Crippen molar-refractivity contribution in [3.63, 3.8) is 0 Å². The summed E-state index contributed by atoms with van der Waals surface area (Å²) in [6.45, 7) is 0. The van der Waals surface area contributed by atoms with Crippen molar-refractivity contribution < 1.29 is 94.1 Å². The second-order valence-electron chi connectivity index (χ2n) is 1.72. The Hall–Kier alpha value is -2.12. The first-order valence-electron chi connectivity index (χ1n) is 3.20. The van der Waals surface area contributed by atoms with Crippen LogP contribution in [0.4, 0.5) is 0 Å². The van der Waals surface area contributed by atoms with Crippen molar-refractivity contribution in [3.8, 4) is 0 Å². The predicted molar refractivity (Wildman–Crippen MR) is 30.0 cm³/mol. The standard InChI is InChI=1S/3C2H2O4.2Cr/c3*3-1(4)2(5)6;;/h3*(H,3,4)(H,5,6);;/q;;;2*+3/p-6. The van der Waals surface area contributed by atoms with Gasteiger partial charge in [-0.05, 0) is 0 Å². The van der Waals surface area contributed by atoms with E-state index in [2.05, 4.69) is 0 Å². The van der Waals surface area contributed by atoms with Crippen LogP contribution in [0, 0.1) is 0 Å². The Morgan fingerprint density at radius 3 is 0.400 bits per heavy atom. The minimum atomic E-state index is -2.19. The summed E-state index contributed by atoms with van der Waals surface area (Å²) in [6.07, 6.45) is 0.